The first kappa shape index (κ1) is 14.7. The van der Waals surface area contributed by atoms with Crippen molar-refractivity contribution in [2.75, 3.05) is 26.7 Å². The highest BCUT2D eigenvalue weighted by Crippen LogP contribution is 2.22. The molecule has 1 aromatic rings. The van der Waals surface area contributed by atoms with Crippen molar-refractivity contribution in [2.45, 2.75) is 33.7 Å². The van der Waals surface area contributed by atoms with Gasteiger partial charge in [0.1, 0.15) is 0 Å². The molecular weight excluding hydrogens is 228 g/mol. The Labute approximate surface area is 110 Å². The van der Waals surface area contributed by atoms with E-state index in [0.717, 1.165) is 26.2 Å². The lowest BCUT2D eigenvalue weighted by Crippen LogP contribution is -2.40. The first-order valence-corrected chi connectivity index (χ1v) is 7.44. The molecule has 1 aromatic heterocycles. The summed E-state index contributed by atoms with van der Waals surface area (Å²) in [5.41, 5.74) is 1.81. The molecule has 0 aliphatic rings. The third kappa shape index (κ3) is 5.19. The van der Waals surface area contributed by atoms with Gasteiger partial charge in [-0.15, -0.1) is 0 Å². The number of rotatable bonds is 8. The summed E-state index contributed by atoms with van der Waals surface area (Å²) < 4.78 is 0. The van der Waals surface area contributed by atoms with Crippen LogP contribution in [0.2, 0.25) is 0 Å². The van der Waals surface area contributed by atoms with Gasteiger partial charge in [0, 0.05) is 19.6 Å². The predicted octanol–water partition coefficient (Wildman–Crippen LogP) is 3.21. The zero-order chi connectivity index (χ0) is 12.7. The SMILES string of the molecule is CCNCC(C)(CC)CN(C)Cc1ccsc1. The van der Waals surface area contributed by atoms with E-state index in [2.05, 4.69) is 54.9 Å². The minimum Gasteiger partial charge on any atom is -0.316 e. The van der Waals surface area contributed by atoms with E-state index in [1.165, 1.54) is 12.0 Å². The van der Waals surface area contributed by atoms with Crippen LogP contribution in [0.3, 0.4) is 0 Å². The van der Waals surface area contributed by atoms with Gasteiger partial charge < -0.3 is 10.2 Å². The van der Waals surface area contributed by atoms with Crippen LogP contribution in [0.15, 0.2) is 16.8 Å². The summed E-state index contributed by atoms with van der Waals surface area (Å²) in [7, 11) is 2.22. The van der Waals surface area contributed by atoms with Crippen LogP contribution in [0.25, 0.3) is 0 Å². The Morgan fingerprint density at radius 3 is 2.71 bits per heavy atom. The Kier molecular flexibility index (Phi) is 6.17. The molecule has 0 fully saturated rings. The summed E-state index contributed by atoms with van der Waals surface area (Å²) in [5.74, 6) is 0. The van der Waals surface area contributed by atoms with Gasteiger partial charge in [0.15, 0.2) is 0 Å². The molecule has 1 rings (SSSR count). The van der Waals surface area contributed by atoms with Crippen LogP contribution in [0, 0.1) is 5.41 Å². The molecule has 0 saturated carbocycles. The molecule has 2 nitrogen and oxygen atoms in total. The molecule has 0 aliphatic carbocycles. The summed E-state index contributed by atoms with van der Waals surface area (Å²) in [6.07, 6.45) is 1.22. The first-order chi connectivity index (χ1) is 8.09. The van der Waals surface area contributed by atoms with E-state index in [9.17, 15) is 0 Å². The number of thiophene rings is 1. The van der Waals surface area contributed by atoms with Crippen molar-refractivity contribution in [3.05, 3.63) is 22.4 Å². The van der Waals surface area contributed by atoms with E-state index >= 15 is 0 Å². The van der Waals surface area contributed by atoms with Crippen molar-refractivity contribution in [2.24, 2.45) is 5.41 Å². The smallest absolute Gasteiger partial charge is 0.0239 e. The van der Waals surface area contributed by atoms with Gasteiger partial charge in [-0.05, 0) is 47.8 Å². The lowest BCUT2D eigenvalue weighted by atomic mass is 9.86. The van der Waals surface area contributed by atoms with E-state index in [-0.39, 0.29) is 0 Å². The minimum atomic E-state index is 0.376. The molecule has 17 heavy (non-hydrogen) atoms. The zero-order valence-corrected chi connectivity index (χ0v) is 12.4. The normalized spacial score (nSPS) is 15.1. The highest BCUT2D eigenvalue weighted by Gasteiger charge is 2.23. The quantitative estimate of drug-likeness (QED) is 0.766. The number of nitrogens with one attached hydrogen (secondary N) is 1. The van der Waals surface area contributed by atoms with Crippen LogP contribution in [0.4, 0.5) is 0 Å². The van der Waals surface area contributed by atoms with Crippen molar-refractivity contribution >= 4 is 11.3 Å². The molecule has 1 heterocycles. The predicted molar refractivity (Wildman–Crippen MR) is 77.6 cm³/mol. The second-order valence-corrected chi connectivity index (χ2v) is 6.03. The Balaban J connectivity index is 2.43. The lowest BCUT2D eigenvalue weighted by Gasteiger charge is -2.33. The van der Waals surface area contributed by atoms with Gasteiger partial charge in [-0.3, -0.25) is 0 Å². The van der Waals surface area contributed by atoms with Crippen LogP contribution in [-0.2, 0) is 6.54 Å². The Bertz CT molecular complexity index is 297. The summed E-state index contributed by atoms with van der Waals surface area (Å²) in [5, 5.41) is 7.87. The van der Waals surface area contributed by atoms with Gasteiger partial charge in [0.2, 0.25) is 0 Å². The lowest BCUT2D eigenvalue weighted by molar-refractivity contribution is 0.176. The van der Waals surface area contributed by atoms with Crippen molar-refractivity contribution in [3.8, 4) is 0 Å². The van der Waals surface area contributed by atoms with Crippen molar-refractivity contribution < 1.29 is 0 Å². The van der Waals surface area contributed by atoms with Crippen LogP contribution < -0.4 is 5.32 Å². The summed E-state index contributed by atoms with van der Waals surface area (Å²) in [6, 6.07) is 2.22. The second kappa shape index (κ2) is 7.14. The molecule has 0 radical (unpaired) electrons. The molecule has 1 N–H and O–H groups in total. The summed E-state index contributed by atoms with van der Waals surface area (Å²) >= 11 is 1.78. The Morgan fingerprint density at radius 1 is 1.41 bits per heavy atom. The van der Waals surface area contributed by atoms with Crippen molar-refractivity contribution in [3.63, 3.8) is 0 Å². The highest BCUT2D eigenvalue weighted by molar-refractivity contribution is 7.07. The fourth-order valence-corrected chi connectivity index (χ4v) is 2.78. The molecule has 0 aromatic carbocycles. The maximum Gasteiger partial charge on any atom is 0.0239 e. The molecule has 0 amide bonds. The number of hydrogen-bond donors (Lipinski definition) is 1. The van der Waals surface area contributed by atoms with Crippen LogP contribution in [-0.4, -0.2) is 31.6 Å². The molecule has 0 spiro atoms. The molecule has 1 atom stereocenters. The molecular formula is C14H26N2S. The van der Waals surface area contributed by atoms with E-state index < -0.39 is 0 Å². The van der Waals surface area contributed by atoms with E-state index in [1.54, 1.807) is 11.3 Å². The van der Waals surface area contributed by atoms with Crippen molar-refractivity contribution in [1.29, 1.82) is 0 Å². The third-order valence-electron chi connectivity index (χ3n) is 3.34. The number of hydrogen-bond acceptors (Lipinski definition) is 3. The van der Waals surface area contributed by atoms with Crippen molar-refractivity contribution in [1.82, 2.24) is 10.2 Å². The van der Waals surface area contributed by atoms with Gasteiger partial charge in [-0.1, -0.05) is 20.8 Å². The molecule has 0 bridgehead atoms. The Morgan fingerprint density at radius 2 is 2.18 bits per heavy atom. The van der Waals surface area contributed by atoms with E-state index in [0.29, 0.717) is 5.41 Å². The van der Waals surface area contributed by atoms with Gasteiger partial charge in [0.25, 0.3) is 0 Å². The fourth-order valence-electron chi connectivity index (χ4n) is 2.12. The maximum atomic E-state index is 3.48. The minimum absolute atomic E-state index is 0.376. The van der Waals surface area contributed by atoms with E-state index in [4.69, 9.17) is 0 Å². The second-order valence-electron chi connectivity index (χ2n) is 5.25. The van der Waals surface area contributed by atoms with Gasteiger partial charge in [-0.2, -0.15) is 11.3 Å². The maximum absolute atomic E-state index is 3.48. The molecule has 0 saturated heterocycles. The summed E-state index contributed by atoms with van der Waals surface area (Å²) in [4.78, 5) is 2.43. The monoisotopic (exact) mass is 254 g/mol. The highest BCUT2D eigenvalue weighted by atomic mass is 32.1. The topological polar surface area (TPSA) is 15.3 Å². The van der Waals surface area contributed by atoms with Gasteiger partial charge >= 0.3 is 0 Å². The molecule has 98 valence electrons. The van der Waals surface area contributed by atoms with Gasteiger partial charge in [-0.25, -0.2) is 0 Å². The third-order valence-corrected chi connectivity index (χ3v) is 4.07. The standard InChI is InChI=1S/C14H26N2S/c1-5-14(3,11-15-6-2)12-16(4)9-13-7-8-17-10-13/h7-8,10,15H,5-6,9,11-12H2,1-4H3. The fraction of sp³-hybridized carbons (Fsp3) is 0.714. The molecule has 0 aliphatic heterocycles. The summed E-state index contributed by atoms with van der Waals surface area (Å²) in [6.45, 7) is 11.2. The molecule has 1 unspecified atom stereocenters. The van der Waals surface area contributed by atoms with Crippen LogP contribution in [0.5, 0.6) is 0 Å². The molecule has 3 heteroatoms. The largest absolute Gasteiger partial charge is 0.316 e. The average Bonchev–Trinajstić information content (AvgIpc) is 2.79. The van der Waals surface area contributed by atoms with E-state index in [1.807, 2.05) is 0 Å². The Hall–Kier alpha value is -0.380. The van der Waals surface area contributed by atoms with Crippen LogP contribution in [0.1, 0.15) is 32.8 Å². The number of nitrogens with zero attached hydrogens (tertiary/aromatic N) is 1. The zero-order valence-electron chi connectivity index (χ0n) is 11.6. The average molecular weight is 254 g/mol. The van der Waals surface area contributed by atoms with Crippen LogP contribution >= 0.6 is 11.3 Å². The first-order valence-electron chi connectivity index (χ1n) is 6.50. The van der Waals surface area contributed by atoms with Gasteiger partial charge in [0.05, 0.1) is 0 Å².